The Bertz CT molecular complexity index is 459. The number of carbonyl (C=O) groups is 1. The molecule has 0 fully saturated rings. The summed E-state index contributed by atoms with van der Waals surface area (Å²) in [4.78, 5) is 13.4. The fourth-order valence-corrected chi connectivity index (χ4v) is 1.75. The van der Waals surface area contributed by atoms with Crippen molar-refractivity contribution in [3.05, 3.63) is 35.4 Å². The molecule has 1 aromatic rings. The second kappa shape index (κ2) is 5.86. The first kappa shape index (κ1) is 14.5. The van der Waals surface area contributed by atoms with Gasteiger partial charge in [-0.3, -0.25) is 4.79 Å². The topological polar surface area (TPSA) is 46.3 Å². The van der Waals surface area contributed by atoms with Gasteiger partial charge in [-0.15, -0.1) is 0 Å². The fraction of sp³-hybridized carbons (Fsp3) is 0.333. The van der Waals surface area contributed by atoms with Crippen LogP contribution in [-0.2, 0) is 0 Å². The molecule has 0 saturated carbocycles. The molecule has 2 N–H and O–H groups in total. The Morgan fingerprint density at radius 2 is 1.94 bits per heavy atom. The van der Waals surface area contributed by atoms with Gasteiger partial charge in [0.1, 0.15) is 17.2 Å². The fourth-order valence-electron chi connectivity index (χ4n) is 1.51. The highest BCUT2D eigenvalue weighted by Gasteiger charge is 2.23. The summed E-state index contributed by atoms with van der Waals surface area (Å²) in [6, 6.07) is 2.97. The lowest BCUT2D eigenvalue weighted by atomic mass is 10.1. The third-order valence-electron chi connectivity index (χ3n) is 2.65. The zero-order valence-corrected chi connectivity index (χ0v) is 10.9. The van der Waals surface area contributed by atoms with Gasteiger partial charge >= 0.3 is 0 Å². The largest absolute Gasteiger partial charge is 0.393 e. The molecule has 0 spiro atoms. The predicted octanol–water partition coefficient (Wildman–Crippen LogP) is 2.10. The number of nitrogens with two attached hydrogens (primary N) is 1. The molecule has 0 aromatic heterocycles. The monoisotopic (exact) mass is 272 g/mol. The lowest BCUT2D eigenvalue weighted by Gasteiger charge is -2.25. The van der Waals surface area contributed by atoms with Crippen LogP contribution in [0.25, 0.3) is 0 Å². The molecule has 1 atom stereocenters. The van der Waals surface area contributed by atoms with E-state index in [0.717, 1.165) is 12.1 Å². The molecular formula is C12H14F2N2OS. The molecule has 0 aliphatic rings. The maximum atomic E-state index is 13.4. The van der Waals surface area contributed by atoms with Crippen molar-refractivity contribution < 1.29 is 13.6 Å². The zero-order chi connectivity index (χ0) is 13.9. The van der Waals surface area contributed by atoms with Crippen molar-refractivity contribution in [2.45, 2.75) is 19.4 Å². The van der Waals surface area contributed by atoms with Crippen LogP contribution in [0.2, 0.25) is 0 Å². The number of benzene rings is 1. The van der Waals surface area contributed by atoms with E-state index in [4.69, 9.17) is 18.0 Å². The molecule has 0 radical (unpaired) electrons. The SMILES string of the molecule is CC(CC(N)=S)N(C)C(=O)c1c(F)cccc1F. The smallest absolute Gasteiger partial charge is 0.259 e. The number of amides is 1. The van der Waals surface area contributed by atoms with Gasteiger partial charge in [-0.1, -0.05) is 18.3 Å². The van der Waals surface area contributed by atoms with E-state index in [1.54, 1.807) is 6.92 Å². The Kier molecular flexibility index (Phi) is 4.72. The van der Waals surface area contributed by atoms with Crippen LogP contribution in [0.1, 0.15) is 23.7 Å². The molecule has 1 unspecified atom stereocenters. The van der Waals surface area contributed by atoms with Crippen LogP contribution in [0, 0.1) is 11.6 Å². The van der Waals surface area contributed by atoms with Crippen molar-refractivity contribution >= 4 is 23.1 Å². The number of carbonyl (C=O) groups excluding carboxylic acids is 1. The Balaban J connectivity index is 2.96. The molecule has 1 rings (SSSR count). The summed E-state index contributed by atoms with van der Waals surface area (Å²) in [7, 11) is 1.46. The lowest BCUT2D eigenvalue weighted by Crippen LogP contribution is -2.38. The van der Waals surface area contributed by atoms with E-state index in [9.17, 15) is 13.6 Å². The Labute approximate surface area is 110 Å². The number of thiocarbonyl (C=S) groups is 1. The highest BCUT2D eigenvalue weighted by molar-refractivity contribution is 7.80. The normalized spacial score (nSPS) is 12.0. The number of nitrogens with zero attached hydrogens (tertiary/aromatic N) is 1. The molecular weight excluding hydrogens is 258 g/mol. The summed E-state index contributed by atoms with van der Waals surface area (Å²) in [6.07, 6.45) is 0.299. The van der Waals surface area contributed by atoms with Gasteiger partial charge < -0.3 is 10.6 Å². The minimum Gasteiger partial charge on any atom is -0.393 e. The highest BCUT2D eigenvalue weighted by atomic mass is 32.1. The average Bonchev–Trinajstić information content (AvgIpc) is 2.26. The van der Waals surface area contributed by atoms with Gasteiger partial charge in [-0.25, -0.2) is 8.78 Å². The molecule has 0 aliphatic carbocycles. The van der Waals surface area contributed by atoms with E-state index in [2.05, 4.69) is 0 Å². The van der Waals surface area contributed by atoms with Crippen LogP contribution in [0.15, 0.2) is 18.2 Å². The van der Waals surface area contributed by atoms with Crippen molar-refractivity contribution in [1.29, 1.82) is 0 Å². The first-order valence-corrected chi connectivity index (χ1v) is 5.75. The number of hydrogen-bond acceptors (Lipinski definition) is 2. The quantitative estimate of drug-likeness (QED) is 0.854. The van der Waals surface area contributed by atoms with Crippen molar-refractivity contribution in [2.24, 2.45) is 5.73 Å². The van der Waals surface area contributed by atoms with E-state index in [-0.39, 0.29) is 11.0 Å². The summed E-state index contributed by atoms with van der Waals surface area (Å²) < 4.78 is 26.9. The third kappa shape index (κ3) is 3.22. The van der Waals surface area contributed by atoms with Crippen molar-refractivity contribution in [3.8, 4) is 0 Å². The second-order valence-electron chi connectivity index (χ2n) is 4.03. The molecule has 0 bridgehead atoms. The van der Waals surface area contributed by atoms with Crippen LogP contribution in [0.4, 0.5) is 8.78 Å². The Morgan fingerprint density at radius 3 is 2.39 bits per heavy atom. The summed E-state index contributed by atoms with van der Waals surface area (Å²) >= 11 is 4.74. The highest BCUT2D eigenvalue weighted by Crippen LogP contribution is 2.16. The maximum Gasteiger partial charge on any atom is 0.259 e. The molecule has 3 nitrogen and oxygen atoms in total. The van der Waals surface area contributed by atoms with Gasteiger partial charge in [0.15, 0.2) is 0 Å². The van der Waals surface area contributed by atoms with E-state index in [1.165, 1.54) is 18.0 Å². The molecule has 0 saturated heterocycles. The summed E-state index contributed by atoms with van der Waals surface area (Å²) in [6.45, 7) is 1.70. The average molecular weight is 272 g/mol. The summed E-state index contributed by atoms with van der Waals surface area (Å²) in [5.41, 5.74) is 4.81. The molecule has 1 amide bonds. The molecule has 0 aliphatic heterocycles. The van der Waals surface area contributed by atoms with Gasteiger partial charge in [-0.05, 0) is 19.1 Å². The zero-order valence-electron chi connectivity index (χ0n) is 10.1. The number of rotatable bonds is 4. The standard InChI is InChI=1S/C12H14F2N2OS/c1-7(6-10(15)18)16(2)12(17)11-8(13)4-3-5-9(11)14/h3-5,7H,6H2,1-2H3,(H2,15,18). The summed E-state index contributed by atoms with van der Waals surface area (Å²) in [5, 5.41) is 0. The molecule has 6 heteroatoms. The van der Waals surface area contributed by atoms with Gasteiger partial charge in [-0.2, -0.15) is 0 Å². The molecule has 98 valence electrons. The van der Waals surface area contributed by atoms with Crippen LogP contribution >= 0.6 is 12.2 Å². The van der Waals surface area contributed by atoms with Crippen LogP contribution < -0.4 is 5.73 Å². The maximum absolute atomic E-state index is 13.4. The van der Waals surface area contributed by atoms with Crippen molar-refractivity contribution in [2.75, 3.05) is 7.05 Å². The minimum absolute atomic E-state index is 0.246. The van der Waals surface area contributed by atoms with Crippen LogP contribution in [0.3, 0.4) is 0 Å². The summed E-state index contributed by atoms with van der Waals surface area (Å²) in [5.74, 6) is -2.49. The minimum atomic E-state index is -0.880. The van der Waals surface area contributed by atoms with Crippen molar-refractivity contribution in [1.82, 2.24) is 4.90 Å². The van der Waals surface area contributed by atoms with E-state index in [0.29, 0.717) is 6.42 Å². The van der Waals surface area contributed by atoms with E-state index in [1.807, 2.05) is 0 Å². The van der Waals surface area contributed by atoms with E-state index >= 15 is 0 Å². The predicted molar refractivity (Wildman–Crippen MR) is 69.3 cm³/mol. The van der Waals surface area contributed by atoms with Crippen LogP contribution in [0.5, 0.6) is 0 Å². The lowest BCUT2D eigenvalue weighted by molar-refractivity contribution is 0.0738. The first-order chi connectivity index (χ1) is 8.34. The molecule has 0 heterocycles. The molecule has 18 heavy (non-hydrogen) atoms. The van der Waals surface area contributed by atoms with Crippen molar-refractivity contribution in [3.63, 3.8) is 0 Å². The van der Waals surface area contributed by atoms with Gasteiger partial charge in [0.2, 0.25) is 0 Å². The van der Waals surface area contributed by atoms with Gasteiger partial charge in [0, 0.05) is 19.5 Å². The number of halogens is 2. The van der Waals surface area contributed by atoms with Crippen LogP contribution in [-0.4, -0.2) is 28.9 Å². The van der Waals surface area contributed by atoms with Gasteiger partial charge in [0.05, 0.1) is 4.99 Å². The first-order valence-electron chi connectivity index (χ1n) is 5.34. The number of hydrogen-bond donors (Lipinski definition) is 1. The molecule has 1 aromatic carbocycles. The van der Waals surface area contributed by atoms with Gasteiger partial charge in [0.25, 0.3) is 5.91 Å². The Morgan fingerprint density at radius 1 is 1.44 bits per heavy atom. The second-order valence-corrected chi connectivity index (χ2v) is 4.56. The third-order valence-corrected chi connectivity index (χ3v) is 2.82. The van der Waals surface area contributed by atoms with E-state index < -0.39 is 23.1 Å². The Hall–Kier alpha value is -1.56.